The van der Waals surface area contributed by atoms with Crippen molar-refractivity contribution in [1.82, 2.24) is 39.9 Å². The molecule has 16 heteroatoms. The van der Waals surface area contributed by atoms with Crippen LogP contribution < -0.4 is 37.9 Å². The van der Waals surface area contributed by atoms with Gasteiger partial charge in [0.25, 0.3) is 0 Å². The van der Waals surface area contributed by atoms with E-state index < -0.39 is 0 Å². The maximum absolute atomic E-state index is 7.09. The fraction of sp³-hybridized carbons (Fsp3) is 0.714. The van der Waals surface area contributed by atoms with E-state index in [-0.39, 0.29) is 0 Å². The number of hydrogen-bond donors (Lipinski definition) is 2. The van der Waals surface area contributed by atoms with Gasteiger partial charge in [0.2, 0.25) is 0 Å². The number of fused-ring (bicyclic) bond motifs is 20. The SMILES string of the molecule is CC(C)CCCC(C)CCOc1cc2c(cc1OCCC(C)CCCC(C)C)-c1nc-2nc2[nH]c(nc3nc(nc4[nH]c(n1)c1cc(OCCC(C)CCCC(C)C)c(OCCC(C)CCCC(C)C)cc41)-c1cc(OCCC(C)CCCC(C)C)c(OCCC(C)CCCC(C)C)cc1-3)c1cc(OCCC(C)CCCC(C)C)c(OCCC(C)CCCC(C)C)cc21. The summed E-state index contributed by atoms with van der Waals surface area (Å²) in [6.07, 6.45) is 35.7. The fourth-order valence-corrected chi connectivity index (χ4v) is 17.8. The third-order valence-corrected chi connectivity index (χ3v) is 26.9. The van der Waals surface area contributed by atoms with Gasteiger partial charge in [0.15, 0.2) is 69.3 Å². The van der Waals surface area contributed by atoms with E-state index in [1.165, 1.54) is 103 Å². The fourth-order valence-electron chi connectivity index (χ4n) is 17.8. The van der Waals surface area contributed by atoms with Crippen LogP contribution in [0.4, 0.5) is 0 Å². The van der Waals surface area contributed by atoms with E-state index in [2.05, 4.69) is 225 Å². The Kier molecular flexibility index (Phi) is 44.0. The van der Waals surface area contributed by atoms with Crippen LogP contribution in [0.3, 0.4) is 0 Å². The molecule has 0 saturated heterocycles. The topological polar surface area (TPSA) is 183 Å². The van der Waals surface area contributed by atoms with E-state index in [9.17, 15) is 0 Å². The van der Waals surface area contributed by atoms with Gasteiger partial charge in [-0.1, -0.05) is 320 Å². The van der Waals surface area contributed by atoms with Crippen LogP contribution in [-0.2, 0) is 0 Å². The molecule has 0 radical (unpaired) electrons. The predicted molar refractivity (Wildman–Crippen MR) is 540 cm³/mol. The normalized spacial score (nSPS) is 14.2. The molecule has 7 aromatic rings. The standard InChI is InChI=1S/C112H178N8O8/c1-73(2)33-25-41-81(17)49-57-121-97-65-89-90(66-98(97)122-58-50-82(18)42-26-34-74(3)4)106-113-105(89)117-107-91-67-99(123-59-51-83(19)43-27-35-75(5)6)100(124-60-52-84(20)44-28-36-76(7)8)68-92(91)109(114-107)119-111-95-71-103(127-63-55-87(23)47-31-39-79(13)14)104(128-64-56-88(24)48-32-40-80(15)16)72-96(95)112(116-111)120-110-94-70-102(126-62-54-86(22)46-30-38-78(11)12)101(69-93(94)108(115-110)118-106)125-61-53-85(21)45-29-37-77(9)10/h65-88H,25-64H2,1-24H3,(H2,113,114,115,116,117,118,119,120). The number of aromatic nitrogens is 8. The molecule has 0 aliphatic carbocycles. The highest BCUT2D eigenvalue weighted by Gasteiger charge is 2.30. The Labute approximate surface area is 776 Å². The first-order valence-corrected chi connectivity index (χ1v) is 51.9. The number of rotatable bonds is 64. The number of nitrogens with zero attached hydrogens (tertiary/aromatic N) is 6. The molecule has 16 nitrogen and oxygen atoms in total. The van der Waals surface area contributed by atoms with Crippen molar-refractivity contribution in [2.75, 3.05) is 52.9 Å². The second-order valence-corrected chi connectivity index (χ2v) is 43.5. The van der Waals surface area contributed by atoms with E-state index in [4.69, 9.17) is 67.8 Å². The molecular weight excluding hydrogens is 1590 g/mol. The van der Waals surface area contributed by atoms with Crippen molar-refractivity contribution in [3.8, 4) is 91.5 Å². The number of hydrogen-bond acceptors (Lipinski definition) is 14. The molecule has 0 fully saturated rings. The zero-order valence-electron chi connectivity index (χ0n) is 85.1. The molecule has 8 bridgehead atoms. The highest BCUT2D eigenvalue weighted by molar-refractivity contribution is 6.08. The second kappa shape index (κ2) is 54.0. The third kappa shape index (κ3) is 35.0. The lowest BCUT2D eigenvalue weighted by molar-refractivity contribution is 0.237. The minimum atomic E-state index is 0.455. The first kappa shape index (κ1) is 104. The van der Waals surface area contributed by atoms with Crippen LogP contribution in [-0.4, -0.2) is 92.7 Å². The highest BCUT2D eigenvalue weighted by Crippen LogP contribution is 2.48. The third-order valence-electron chi connectivity index (χ3n) is 26.9. The van der Waals surface area contributed by atoms with Crippen LogP contribution >= 0.6 is 0 Å². The maximum Gasteiger partial charge on any atom is 0.164 e. The van der Waals surface area contributed by atoms with Gasteiger partial charge in [-0.3, -0.25) is 0 Å². The molecule has 128 heavy (non-hydrogen) atoms. The van der Waals surface area contributed by atoms with Gasteiger partial charge in [-0.2, -0.15) is 0 Å². The average Bonchev–Trinajstić information content (AvgIpc) is 1.59. The number of benzene rings is 4. The van der Waals surface area contributed by atoms with Gasteiger partial charge in [-0.25, -0.2) is 29.9 Å². The summed E-state index contributed by atoms with van der Waals surface area (Å²) in [4.78, 5) is 42.2. The Morgan fingerprint density at radius 3 is 0.461 bits per heavy atom. The summed E-state index contributed by atoms with van der Waals surface area (Å²) in [5.74, 6) is 16.2. The van der Waals surface area contributed by atoms with Crippen LogP contribution in [0, 0.1) is 94.7 Å². The molecule has 9 rings (SSSR count). The van der Waals surface area contributed by atoms with Crippen molar-refractivity contribution < 1.29 is 37.9 Å². The number of aromatic amines is 2. The molecule has 8 atom stereocenters. The summed E-state index contributed by atoms with van der Waals surface area (Å²) >= 11 is 0. The van der Waals surface area contributed by atoms with E-state index in [0.717, 1.165) is 147 Å². The largest absolute Gasteiger partial charge is 0.490 e. The van der Waals surface area contributed by atoms with E-state index in [0.29, 0.717) is 239 Å². The van der Waals surface area contributed by atoms with E-state index in [1.54, 1.807) is 0 Å². The molecular formula is C112H178N8O8. The quantitative estimate of drug-likeness (QED) is 0.0367. The molecule has 0 amide bonds. The molecule has 5 heterocycles. The van der Waals surface area contributed by atoms with Crippen molar-refractivity contribution >= 4 is 44.1 Å². The Morgan fingerprint density at radius 2 is 0.320 bits per heavy atom. The summed E-state index contributed by atoms with van der Waals surface area (Å²) in [6.45, 7) is 60.2. The summed E-state index contributed by atoms with van der Waals surface area (Å²) < 4.78 is 56.7. The summed E-state index contributed by atoms with van der Waals surface area (Å²) in [6, 6.07) is 16.9. The van der Waals surface area contributed by atoms with Crippen molar-refractivity contribution in [1.29, 1.82) is 0 Å². The van der Waals surface area contributed by atoms with Gasteiger partial charge >= 0.3 is 0 Å². The second-order valence-electron chi connectivity index (χ2n) is 43.5. The average molecular weight is 1760 g/mol. The Hall–Kier alpha value is -7.36. The van der Waals surface area contributed by atoms with Crippen LogP contribution in [0.25, 0.3) is 89.7 Å². The summed E-state index contributed by atoms with van der Waals surface area (Å²) in [5.41, 5.74) is 5.22. The smallest absolute Gasteiger partial charge is 0.164 e. The molecule has 714 valence electrons. The molecule has 0 saturated carbocycles. The predicted octanol–water partition coefficient (Wildman–Crippen LogP) is 32.7. The molecule has 4 aromatic carbocycles. The lowest BCUT2D eigenvalue weighted by Gasteiger charge is -2.18. The molecule has 2 N–H and O–H groups in total. The Morgan fingerprint density at radius 1 is 0.180 bits per heavy atom. The van der Waals surface area contributed by atoms with Crippen molar-refractivity contribution in [2.24, 2.45) is 94.7 Å². The van der Waals surface area contributed by atoms with Crippen LogP contribution in [0.5, 0.6) is 46.0 Å². The van der Waals surface area contributed by atoms with E-state index >= 15 is 0 Å². The number of nitrogens with one attached hydrogen (secondary N) is 2. The van der Waals surface area contributed by atoms with Crippen LogP contribution in [0.1, 0.15) is 372 Å². The lowest BCUT2D eigenvalue weighted by atomic mass is 9.97. The van der Waals surface area contributed by atoms with Crippen LogP contribution in [0.15, 0.2) is 48.5 Å². The number of H-pyrrole nitrogens is 2. The Balaban J connectivity index is 1.36. The zero-order valence-corrected chi connectivity index (χ0v) is 85.1. The van der Waals surface area contributed by atoms with E-state index in [1.807, 2.05) is 0 Å². The molecule has 8 unspecified atom stereocenters. The molecule has 2 aliphatic rings. The van der Waals surface area contributed by atoms with Gasteiger partial charge in [-0.05, 0) is 195 Å². The first-order chi connectivity index (χ1) is 61.3. The van der Waals surface area contributed by atoms with Crippen molar-refractivity contribution in [3.05, 3.63) is 48.5 Å². The van der Waals surface area contributed by atoms with Crippen LogP contribution in [0.2, 0.25) is 0 Å². The first-order valence-electron chi connectivity index (χ1n) is 51.9. The minimum absolute atomic E-state index is 0.455. The summed E-state index contributed by atoms with van der Waals surface area (Å²) in [7, 11) is 0. The van der Waals surface area contributed by atoms with Gasteiger partial charge in [-0.15, -0.1) is 0 Å². The van der Waals surface area contributed by atoms with Crippen molar-refractivity contribution in [3.63, 3.8) is 0 Å². The van der Waals surface area contributed by atoms with Gasteiger partial charge in [0.1, 0.15) is 22.6 Å². The molecule has 3 aromatic heterocycles. The molecule has 0 spiro atoms. The highest BCUT2D eigenvalue weighted by atomic mass is 16.5. The zero-order chi connectivity index (χ0) is 92.3. The monoisotopic (exact) mass is 1760 g/mol. The Bertz CT molecular complexity index is 4030. The van der Waals surface area contributed by atoms with Crippen molar-refractivity contribution in [2.45, 2.75) is 372 Å². The van der Waals surface area contributed by atoms with Gasteiger partial charge < -0.3 is 47.9 Å². The minimum Gasteiger partial charge on any atom is -0.490 e. The van der Waals surface area contributed by atoms with Gasteiger partial charge in [0, 0.05) is 43.8 Å². The van der Waals surface area contributed by atoms with Gasteiger partial charge in [0.05, 0.1) is 52.9 Å². The number of ether oxygens (including phenoxy) is 8. The maximum atomic E-state index is 7.09. The molecule has 2 aliphatic heterocycles. The lowest BCUT2D eigenvalue weighted by Crippen LogP contribution is -2.08. The summed E-state index contributed by atoms with van der Waals surface area (Å²) in [5, 5.41) is 3.17.